The molecule has 166 valence electrons. The number of anilines is 3. The van der Waals surface area contributed by atoms with Gasteiger partial charge >= 0.3 is 0 Å². The molecule has 3 nitrogen and oxygen atoms in total. The molecule has 3 aromatic carbocycles. The van der Waals surface area contributed by atoms with E-state index in [1.165, 1.54) is 16.7 Å². The molecular weight excluding hydrogens is 392 g/mol. The monoisotopic (exact) mass is 426 g/mol. The van der Waals surface area contributed by atoms with E-state index >= 15 is 0 Å². The number of para-hydroxylation sites is 2. The van der Waals surface area contributed by atoms with Crippen LogP contribution < -0.4 is 9.80 Å². The second-order valence-electron chi connectivity index (χ2n) is 10.8. The third kappa shape index (κ3) is 4.29. The van der Waals surface area contributed by atoms with E-state index in [1.54, 1.807) is 0 Å². The van der Waals surface area contributed by atoms with Crippen molar-refractivity contribution in [1.29, 1.82) is 0 Å². The maximum absolute atomic E-state index is 13.7. The quantitative estimate of drug-likeness (QED) is 0.452. The van der Waals surface area contributed by atoms with E-state index in [1.807, 2.05) is 29.2 Å². The first-order valence-corrected chi connectivity index (χ1v) is 11.4. The fraction of sp³-hybridized carbons (Fsp3) is 0.345. The highest BCUT2D eigenvalue weighted by Gasteiger charge is 2.34. The minimum Gasteiger partial charge on any atom is -0.356 e. The predicted molar refractivity (Wildman–Crippen MR) is 135 cm³/mol. The van der Waals surface area contributed by atoms with Crippen molar-refractivity contribution in [1.82, 2.24) is 0 Å². The van der Waals surface area contributed by atoms with E-state index < -0.39 is 0 Å². The van der Waals surface area contributed by atoms with Gasteiger partial charge in [0.05, 0.1) is 23.6 Å². The molecule has 0 atom stereocenters. The zero-order valence-electron chi connectivity index (χ0n) is 20.1. The first kappa shape index (κ1) is 22.1. The van der Waals surface area contributed by atoms with Gasteiger partial charge in [-0.15, -0.1) is 0 Å². The Kier molecular flexibility index (Phi) is 5.62. The Morgan fingerprint density at radius 3 is 1.97 bits per heavy atom. The number of fused-ring (bicyclic) bond motifs is 1. The van der Waals surface area contributed by atoms with Gasteiger partial charge in [-0.3, -0.25) is 9.69 Å². The first-order chi connectivity index (χ1) is 15.1. The highest BCUT2D eigenvalue weighted by molar-refractivity contribution is 6.09. The van der Waals surface area contributed by atoms with Gasteiger partial charge in [0.25, 0.3) is 5.91 Å². The van der Waals surface area contributed by atoms with Crippen LogP contribution in [0.25, 0.3) is 0 Å². The second-order valence-corrected chi connectivity index (χ2v) is 10.8. The molecule has 32 heavy (non-hydrogen) atoms. The molecule has 4 rings (SSSR count). The van der Waals surface area contributed by atoms with E-state index in [0.717, 1.165) is 17.1 Å². The summed E-state index contributed by atoms with van der Waals surface area (Å²) in [5.41, 5.74) is 6.59. The normalized spacial score (nSPS) is 14.5. The molecule has 0 saturated carbocycles. The average molecular weight is 427 g/mol. The fourth-order valence-corrected chi connectivity index (χ4v) is 4.40. The molecule has 0 radical (unpaired) electrons. The molecule has 1 heterocycles. The van der Waals surface area contributed by atoms with Crippen LogP contribution in [0.2, 0.25) is 0 Å². The van der Waals surface area contributed by atoms with E-state index in [0.29, 0.717) is 13.1 Å². The third-order valence-corrected chi connectivity index (χ3v) is 6.17. The number of nitrogens with zero attached hydrogens (tertiary/aromatic N) is 2. The van der Waals surface area contributed by atoms with E-state index in [4.69, 9.17) is 0 Å². The van der Waals surface area contributed by atoms with Gasteiger partial charge in [0.2, 0.25) is 0 Å². The summed E-state index contributed by atoms with van der Waals surface area (Å²) in [5.74, 6) is 0.108. The van der Waals surface area contributed by atoms with Crippen LogP contribution in [0, 0.1) is 0 Å². The molecule has 1 aliphatic heterocycles. The van der Waals surface area contributed by atoms with Crippen molar-refractivity contribution >= 4 is 23.0 Å². The van der Waals surface area contributed by atoms with Crippen LogP contribution >= 0.6 is 0 Å². The molecule has 0 aliphatic carbocycles. The summed E-state index contributed by atoms with van der Waals surface area (Å²) in [6, 6.07) is 25.3. The van der Waals surface area contributed by atoms with Crippen molar-refractivity contribution in [3.05, 3.63) is 89.5 Å². The number of hydrogen-bond donors (Lipinski definition) is 0. The number of benzene rings is 3. The molecular formula is C29H34N2O. The van der Waals surface area contributed by atoms with Crippen molar-refractivity contribution in [2.75, 3.05) is 16.3 Å². The molecule has 0 unspecified atom stereocenters. The van der Waals surface area contributed by atoms with Gasteiger partial charge in [-0.25, -0.2) is 0 Å². The van der Waals surface area contributed by atoms with Gasteiger partial charge < -0.3 is 4.90 Å². The summed E-state index contributed by atoms with van der Waals surface area (Å²) < 4.78 is 0. The van der Waals surface area contributed by atoms with Crippen molar-refractivity contribution < 1.29 is 4.79 Å². The molecule has 0 saturated heterocycles. The van der Waals surface area contributed by atoms with Gasteiger partial charge in [0, 0.05) is 6.54 Å². The third-order valence-electron chi connectivity index (χ3n) is 6.17. The van der Waals surface area contributed by atoms with Gasteiger partial charge in [-0.05, 0) is 45.7 Å². The molecule has 0 bridgehead atoms. The number of amides is 1. The SMILES string of the molecule is CC(C)(C)c1ccc(C(C)(C)C)c(N2C(=O)CN(Cc3ccccc3)c3ccccc32)c1. The van der Waals surface area contributed by atoms with Gasteiger partial charge in [0.1, 0.15) is 0 Å². The second kappa shape index (κ2) is 8.12. The van der Waals surface area contributed by atoms with Crippen LogP contribution in [0.3, 0.4) is 0 Å². The van der Waals surface area contributed by atoms with Crippen molar-refractivity contribution in [2.45, 2.75) is 58.9 Å². The number of carbonyl (C=O) groups excluding carboxylic acids is 1. The Labute approximate surface area is 192 Å². The maximum atomic E-state index is 13.7. The number of carbonyl (C=O) groups is 1. The molecule has 1 amide bonds. The zero-order chi connectivity index (χ0) is 23.1. The fourth-order valence-electron chi connectivity index (χ4n) is 4.40. The lowest BCUT2D eigenvalue weighted by molar-refractivity contribution is -0.116. The average Bonchev–Trinajstić information content (AvgIpc) is 2.73. The molecule has 1 aliphatic rings. The molecule has 0 aromatic heterocycles. The molecule has 0 fully saturated rings. The van der Waals surface area contributed by atoms with Gasteiger partial charge in [-0.2, -0.15) is 0 Å². The Balaban J connectivity index is 1.85. The Morgan fingerprint density at radius 2 is 1.34 bits per heavy atom. The topological polar surface area (TPSA) is 23.6 Å². The Morgan fingerprint density at radius 1 is 0.719 bits per heavy atom. The van der Waals surface area contributed by atoms with Crippen LogP contribution in [0.5, 0.6) is 0 Å². The molecule has 3 heteroatoms. The van der Waals surface area contributed by atoms with E-state index in [2.05, 4.69) is 95.0 Å². The largest absolute Gasteiger partial charge is 0.356 e. The van der Waals surface area contributed by atoms with Crippen molar-refractivity contribution in [2.24, 2.45) is 0 Å². The predicted octanol–water partition coefficient (Wildman–Crippen LogP) is 6.97. The van der Waals surface area contributed by atoms with Crippen LogP contribution in [-0.2, 0) is 22.2 Å². The molecule has 0 spiro atoms. The molecule has 3 aromatic rings. The summed E-state index contributed by atoms with van der Waals surface area (Å²) in [6.07, 6.45) is 0. The smallest absolute Gasteiger partial charge is 0.251 e. The van der Waals surface area contributed by atoms with Crippen molar-refractivity contribution in [3.8, 4) is 0 Å². The number of hydrogen-bond acceptors (Lipinski definition) is 2. The lowest BCUT2D eigenvalue weighted by atomic mass is 9.80. The van der Waals surface area contributed by atoms with Crippen molar-refractivity contribution in [3.63, 3.8) is 0 Å². The van der Waals surface area contributed by atoms with Crippen LogP contribution in [0.1, 0.15) is 58.2 Å². The van der Waals surface area contributed by atoms with E-state index in [-0.39, 0.29) is 16.7 Å². The number of rotatable bonds is 3. The summed E-state index contributed by atoms with van der Waals surface area (Å²) in [4.78, 5) is 17.8. The highest BCUT2D eigenvalue weighted by atomic mass is 16.2. The van der Waals surface area contributed by atoms with Gasteiger partial charge in [-0.1, -0.05) is 96.1 Å². The lowest BCUT2D eigenvalue weighted by Crippen LogP contribution is -2.44. The van der Waals surface area contributed by atoms with Crippen LogP contribution in [0.15, 0.2) is 72.8 Å². The lowest BCUT2D eigenvalue weighted by Gasteiger charge is -2.40. The summed E-state index contributed by atoms with van der Waals surface area (Å²) in [6.45, 7) is 14.4. The summed E-state index contributed by atoms with van der Waals surface area (Å²) in [5, 5.41) is 0. The zero-order valence-corrected chi connectivity index (χ0v) is 20.1. The van der Waals surface area contributed by atoms with Gasteiger partial charge in [0.15, 0.2) is 0 Å². The minimum atomic E-state index is -0.0812. The maximum Gasteiger partial charge on any atom is 0.251 e. The summed E-state index contributed by atoms with van der Waals surface area (Å²) in [7, 11) is 0. The van der Waals surface area contributed by atoms with Crippen LogP contribution in [-0.4, -0.2) is 12.5 Å². The van der Waals surface area contributed by atoms with E-state index in [9.17, 15) is 4.79 Å². The summed E-state index contributed by atoms with van der Waals surface area (Å²) >= 11 is 0. The molecule has 0 N–H and O–H groups in total. The highest BCUT2D eigenvalue weighted by Crippen LogP contribution is 2.44. The van der Waals surface area contributed by atoms with Crippen LogP contribution in [0.4, 0.5) is 17.1 Å². The Hall–Kier alpha value is -3.07. The Bertz CT molecular complexity index is 1120. The first-order valence-electron chi connectivity index (χ1n) is 11.4. The minimum absolute atomic E-state index is 0.00284. The standard InChI is InChI=1S/C29H34N2O/c1-28(2,3)22-16-17-23(29(4,5)6)26(18-22)31-25-15-11-10-14-24(25)30(20-27(31)32)19-21-12-8-7-9-13-21/h7-18H,19-20H2,1-6H3.